The van der Waals surface area contributed by atoms with Gasteiger partial charge in [0.15, 0.2) is 0 Å². The Balaban J connectivity index is 2.75. The molecular formula is C13H15FN2O. The van der Waals surface area contributed by atoms with Gasteiger partial charge in [-0.25, -0.2) is 4.39 Å². The molecule has 0 atom stereocenters. The summed E-state index contributed by atoms with van der Waals surface area (Å²) in [5.41, 5.74) is 0.294. The molecule has 0 fully saturated rings. The number of carbonyl (C=O) groups excluding carboxylic acids is 1. The third-order valence-corrected chi connectivity index (χ3v) is 2.26. The molecule has 4 heteroatoms. The van der Waals surface area contributed by atoms with E-state index in [0.29, 0.717) is 18.8 Å². The molecule has 0 unspecified atom stereocenters. The van der Waals surface area contributed by atoms with Crippen LogP contribution >= 0.6 is 0 Å². The van der Waals surface area contributed by atoms with Gasteiger partial charge in [0.05, 0.1) is 18.8 Å². The van der Waals surface area contributed by atoms with Crippen LogP contribution in [0.1, 0.15) is 6.92 Å². The zero-order chi connectivity index (χ0) is 12.7. The Hall–Kier alpha value is -1.86. The minimum absolute atomic E-state index is 0.104. The van der Waals surface area contributed by atoms with Gasteiger partial charge in [-0.3, -0.25) is 10.1 Å². The highest BCUT2D eigenvalue weighted by Crippen LogP contribution is 2.18. The highest BCUT2D eigenvalue weighted by molar-refractivity contribution is 5.94. The van der Waals surface area contributed by atoms with Gasteiger partial charge in [-0.05, 0) is 19.1 Å². The molecule has 3 nitrogen and oxygen atoms in total. The molecule has 1 rings (SSSR count). The van der Waals surface area contributed by atoms with Crippen molar-refractivity contribution in [3.05, 3.63) is 30.1 Å². The average Bonchev–Trinajstić information content (AvgIpc) is 2.33. The molecule has 0 saturated carbocycles. The molecule has 0 heterocycles. The van der Waals surface area contributed by atoms with Gasteiger partial charge < -0.3 is 4.90 Å². The first-order valence-electron chi connectivity index (χ1n) is 5.39. The predicted octanol–water partition coefficient (Wildman–Crippen LogP) is 1.40. The predicted molar refractivity (Wildman–Crippen MR) is 66.1 cm³/mol. The maximum Gasteiger partial charge on any atom is 0.241 e. The molecule has 0 spiro atoms. The van der Waals surface area contributed by atoms with E-state index >= 15 is 0 Å². The second-order valence-electron chi connectivity index (χ2n) is 3.40. The van der Waals surface area contributed by atoms with Crippen LogP contribution in [0, 0.1) is 18.2 Å². The Morgan fingerprint density at radius 3 is 2.82 bits per heavy atom. The van der Waals surface area contributed by atoms with Crippen molar-refractivity contribution in [1.82, 2.24) is 5.32 Å². The Kier molecular flexibility index (Phi) is 5.18. The van der Waals surface area contributed by atoms with Crippen LogP contribution in [-0.2, 0) is 4.79 Å². The molecule has 0 aliphatic rings. The van der Waals surface area contributed by atoms with Crippen LogP contribution in [0.2, 0.25) is 0 Å². The maximum absolute atomic E-state index is 13.5. The van der Waals surface area contributed by atoms with Crippen molar-refractivity contribution in [1.29, 1.82) is 0 Å². The first kappa shape index (κ1) is 13.2. The second-order valence-corrected chi connectivity index (χ2v) is 3.40. The van der Waals surface area contributed by atoms with Crippen LogP contribution in [-0.4, -0.2) is 25.5 Å². The molecule has 0 aliphatic carbocycles. The normalized spacial score (nSPS) is 9.71. The summed E-state index contributed by atoms with van der Waals surface area (Å²) in [6.45, 7) is 2.63. The third-order valence-electron chi connectivity index (χ3n) is 2.26. The van der Waals surface area contributed by atoms with Crippen LogP contribution < -0.4 is 10.2 Å². The summed E-state index contributed by atoms with van der Waals surface area (Å²) >= 11 is 0. The quantitative estimate of drug-likeness (QED) is 0.617. The fourth-order valence-corrected chi connectivity index (χ4v) is 1.49. The van der Waals surface area contributed by atoms with Crippen molar-refractivity contribution in [3.8, 4) is 12.3 Å². The Labute approximate surface area is 101 Å². The highest BCUT2D eigenvalue weighted by Gasteiger charge is 2.16. The highest BCUT2D eigenvalue weighted by atomic mass is 19.1. The number of terminal acetylenes is 1. The standard InChI is InChI=1S/C13H15FN2O/c1-3-9-15-10-13(17)16(4-2)12-8-6-5-7-11(12)14/h1,5-8,15H,4,9-10H2,2H3. The van der Waals surface area contributed by atoms with Crippen molar-refractivity contribution < 1.29 is 9.18 Å². The van der Waals surface area contributed by atoms with Crippen LogP contribution in [0.15, 0.2) is 24.3 Å². The third kappa shape index (κ3) is 3.58. The molecule has 0 radical (unpaired) electrons. The number of nitrogens with one attached hydrogen (secondary N) is 1. The smallest absolute Gasteiger partial charge is 0.241 e. The summed E-state index contributed by atoms with van der Waals surface area (Å²) in [7, 11) is 0. The fraction of sp³-hybridized carbons (Fsp3) is 0.308. The van der Waals surface area contributed by atoms with Gasteiger partial charge in [0, 0.05) is 6.54 Å². The van der Waals surface area contributed by atoms with E-state index in [1.165, 1.54) is 11.0 Å². The number of carbonyl (C=O) groups is 1. The summed E-state index contributed by atoms with van der Waals surface area (Å²) in [4.78, 5) is 13.2. The molecule has 0 aromatic heterocycles. The van der Waals surface area contributed by atoms with Crippen molar-refractivity contribution in [2.75, 3.05) is 24.5 Å². The number of anilines is 1. The molecule has 90 valence electrons. The molecule has 1 N–H and O–H groups in total. The van der Waals surface area contributed by atoms with E-state index in [2.05, 4.69) is 11.2 Å². The summed E-state index contributed by atoms with van der Waals surface area (Å²) in [6.07, 6.45) is 5.06. The van der Waals surface area contributed by atoms with Crippen LogP contribution in [0.4, 0.5) is 10.1 Å². The minimum Gasteiger partial charge on any atom is -0.309 e. The van der Waals surface area contributed by atoms with Crippen LogP contribution in [0.25, 0.3) is 0 Å². The van der Waals surface area contributed by atoms with Crippen molar-refractivity contribution in [3.63, 3.8) is 0 Å². The Bertz CT molecular complexity index is 426. The summed E-state index contributed by atoms with van der Waals surface area (Å²) in [5.74, 6) is 1.77. The first-order chi connectivity index (χ1) is 8.20. The van der Waals surface area contributed by atoms with E-state index in [4.69, 9.17) is 6.42 Å². The van der Waals surface area contributed by atoms with E-state index in [0.717, 1.165) is 0 Å². The number of para-hydroxylation sites is 1. The fourth-order valence-electron chi connectivity index (χ4n) is 1.49. The lowest BCUT2D eigenvalue weighted by Gasteiger charge is -2.21. The molecule has 17 heavy (non-hydrogen) atoms. The molecule has 1 amide bonds. The van der Waals surface area contributed by atoms with Crippen molar-refractivity contribution in [2.24, 2.45) is 0 Å². The SMILES string of the molecule is C#CCNCC(=O)N(CC)c1ccccc1F. The second kappa shape index (κ2) is 6.66. The zero-order valence-electron chi connectivity index (χ0n) is 9.74. The molecule has 0 aliphatic heterocycles. The number of nitrogens with zero attached hydrogens (tertiary/aromatic N) is 1. The van der Waals surface area contributed by atoms with Gasteiger partial charge in [0.2, 0.25) is 5.91 Å². The van der Waals surface area contributed by atoms with Gasteiger partial charge in [0.25, 0.3) is 0 Å². The number of rotatable bonds is 5. The van der Waals surface area contributed by atoms with Gasteiger partial charge >= 0.3 is 0 Å². The van der Waals surface area contributed by atoms with E-state index in [1.807, 2.05) is 0 Å². The van der Waals surface area contributed by atoms with E-state index in [1.54, 1.807) is 25.1 Å². The number of hydrogen-bond acceptors (Lipinski definition) is 2. The number of likely N-dealkylation sites (N-methyl/N-ethyl adjacent to an activating group) is 1. The number of amides is 1. The Morgan fingerprint density at radius 1 is 1.53 bits per heavy atom. The topological polar surface area (TPSA) is 32.3 Å². The van der Waals surface area contributed by atoms with Gasteiger partial charge in [-0.15, -0.1) is 6.42 Å². The first-order valence-corrected chi connectivity index (χ1v) is 5.39. The monoisotopic (exact) mass is 234 g/mol. The lowest BCUT2D eigenvalue weighted by atomic mass is 10.2. The zero-order valence-corrected chi connectivity index (χ0v) is 9.74. The molecular weight excluding hydrogens is 219 g/mol. The van der Waals surface area contributed by atoms with Crippen molar-refractivity contribution >= 4 is 11.6 Å². The van der Waals surface area contributed by atoms with Crippen LogP contribution in [0.5, 0.6) is 0 Å². The summed E-state index contributed by atoms with van der Waals surface area (Å²) < 4.78 is 13.5. The molecule has 0 saturated heterocycles. The molecule has 0 bridgehead atoms. The average molecular weight is 234 g/mol. The largest absolute Gasteiger partial charge is 0.309 e. The molecule has 1 aromatic carbocycles. The summed E-state index contributed by atoms with van der Waals surface area (Å²) in [6, 6.07) is 6.20. The number of hydrogen-bond donors (Lipinski definition) is 1. The van der Waals surface area contributed by atoms with Gasteiger partial charge in [-0.1, -0.05) is 18.1 Å². The maximum atomic E-state index is 13.5. The number of halogens is 1. The van der Waals surface area contributed by atoms with Gasteiger partial charge in [0.1, 0.15) is 5.82 Å². The molecule has 1 aromatic rings. The van der Waals surface area contributed by atoms with Gasteiger partial charge in [-0.2, -0.15) is 0 Å². The van der Waals surface area contributed by atoms with E-state index in [9.17, 15) is 9.18 Å². The number of benzene rings is 1. The lowest BCUT2D eigenvalue weighted by Crippen LogP contribution is -2.38. The summed E-state index contributed by atoms with van der Waals surface area (Å²) in [5, 5.41) is 2.79. The van der Waals surface area contributed by atoms with Crippen molar-refractivity contribution in [2.45, 2.75) is 6.92 Å². The van der Waals surface area contributed by atoms with E-state index < -0.39 is 5.82 Å². The lowest BCUT2D eigenvalue weighted by molar-refractivity contribution is -0.117. The minimum atomic E-state index is -0.403. The van der Waals surface area contributed by atoms with E-state index in [-0.39, 0.29) is 12.5 Å². The Morgan fingerprint density at radius 2 is 2.24 bits per heavy atom. The van der Waals surface area contributed by atoms with Crippen LogP contribution in [0.3, 0.4) is 0 Å².